The molecule has 0 bridgehead atoms. The molecule has 0 aromatic heterocycles. The quantitative estimate of drug-likeness (QED) is 0.803. The van der Waals surface area contributed by atoms with Crippen LogP contribution >= 0.6 is 11.8 Å². The van der Waals surface area contributed by atoms with E-state index in [1.54, 1.807) is 18.2 Å². The van der Waals surface area contributed by atoms with Crippen LogP contribution in [0.5, 0.6) is 5.75 Å². The van der Waals surface area contributed by atoms with Gasteiger partial charge in [-0.1, -0.05) is 42.5 Å². The standard InChI is InChI=1S/C16H17NO2S/c18-14-8-4-5-9-15(14)20-12-16(19)17-11-10-13-6-2-1-3-7-13/h1-9,18H,10-12H2,(H,17,19). The van der Waals surface area contributed by atoms with Gasteiger partial charge in [0.1, 0.15) is 5.75 Å². The molecule has 0 spiro atoms. The normalized spacial score (nSPS) is 10.2. The van der Waals surface area contributed by atoms with Crippen molar-refractivity contribution in [2.24, 2.45) is 0 Å². The van der Waals surface area contributed by atoms with Crippen molar-refractivity contribution < 1.29 is 9.90 Å². The Morgan fingerprint density at radius 2 is 1.75 bits per heavy atom. The molecule has 2 aromatic rings. The molecule has 0 saturated carbocycles. The Kier molecular flexibility index (Phi) is 5.50. The van der Waals surface area contributed by atoms with E-state index in [1.807, 2.05) is 36.4 Å². The van der Waals surface area contributed by atoms with Crippen molar-refractivity contribution in [3.05, 3.63) is 60.2 Å². The van der Waals surface area contributed by atoms with E-state index in [2.05, 4.69) is 5.32 Å². The van der Waals surface area contributed by atoms with Crippen molar-refractivity contribution in [2.45, 2.75) is 11.3 Å². The predicted molar refractivity (Wildman–Crippen MR) is 82.0 cm³/mol. The van der Waals surface area contributed by atoms with Gasteiger partial charge >= 0.3 is 0 Å². The average Bonchev–Trinajstić information content (AvgIpc) is 2.47. The molecule has 4 heteroatoms. The Balaban J connectivity index is 1.70. The fourth-order valence-electron chi connectivity index (χ4n) is 1.76. The molecule has 20 heavy (non-hydrogen) atoms. The van der Waals surface area contributed by atoms with E-state index in [9.17, 15) is 9.90 Å². The van der Waals surface area contributed by atoms with E-state index in [0.717, 1.165) is 11.3 Å². The maximum absolute atomic E-state index is 11.7. The summed E-state index contributed by atoms with van der Waals surface area (Å²) in [5, 5.41) is 12.5. The van der Waals surface area contributed by atoms with Gasteiger partial charge < -0.3 is 10.4 Å². The molecule has 0 heterocycles. The van der Waals surface area contributed by atoms with Gasteiger partial charge in [-0.3, -0.25) is 4.79 Å². The highest BCUT2D eigenvalue weighted by Crippen LogP contribution is 2.27. The number of para-hydroxylation sites is 1. The van der Waals surface area contributed by atoms with E-state index < -0.39 is 0 Å². The monoisotopic (exact) mass is 287 g/mol. The van der Waals surface area contributed by atoms with E-state index in [0.29, 0.717) is 12.3 Å². The second kappa shape index (κ2) is 7.60. The molecule has 0 saturated heterocycles. The van der Waals surface area contributed by atoms with Crippen LogP contribution in [0.4, 0.5) is 0 Å². The summed E-state index contributed by atoms with van der Waals surface area (Å²) >= 11 is 1.34. The molecule has 0 aliphatic heterocycles. The van der Waals surface area contributed by atoms with Crippen molar-refractivity contribution >= 4 is 17.7 Å². The van der Waals surface area contributed by atoms with Crippen molar-refractivity contribution in [2.75, 3.05) is 12.3 Å². The van der Waals surface area contributed by atoms with E-state index >= 15 is 0 Å². The third kappa shape index (κ3) is 4.63. The number of phenols is 1. The number of carbonyl (C=O) groups is 1. The number of benzene rings is 2. The minimum Gasteiger partial charge on any atom is -0.507 e. The fourth-order valence-corrected chi connectivity index (χ4v) is 2.54. The van der Waals surface area contributed by atoms with Gasteiger partial charge in [-0.25, -0.2) is 0 Å². The number of hydrogen-bond donors (Lipinski definition) is 2. The second-order valence-electron chi connectivity index (χ2n) is 4.34. The molecule has 2 rings (SSSR count). The number of amides is 1. The topological polar surface area (TPSA) is 49.3 Å². The van der Waals surface area contributed by atoms with Crippen LogP contribution in [0.15, 0.2) is 59.5 Å². The van der Waals surface area contributed by atoms with Gasteiger partial charge in [0.2, 0.25) is 5.91 Å². The molecule has 0 atom stereocenters. The number of aromatic hydroxyl groups is 1. The van der Waals surface area contributed by atoms with E-state index in [4.69, 9.17) is 0 Å². The number of rotatable bonds is 6. The lowest BCUT2D eigenvalue weighted by molar-refractivity contribution is -0.118. The van der Waals surface area contributed by atoms with Crippen LogP contribution in [-0.4, -0.2) is 23.3 Å². The minimum atomic E-state index is -0.0193. The lowest BCUT2D eigenvalue weighted by Gasteiger charge is -2.06. The third-order valence-electron chi connectivity index (χ3n) is 2.80. The summed E-state index contributed by atoms with van der Waals surface area (Å²) in [5.41, 5.74) is 1.21. The molecule has 0 aliphatic carbocycles. The van der Waals surface area contributed by atoms with Gasteiger partial charge in [0, 0.05) is 11.4 Å². The molecule has 1 amide bonds. The lowest BCUT2D eigenvalue weighted by Crippen LogP contribution is -2.27. The Bertz CT molecular complexity index is 557. The highest BCUT2D eigenvalue weighted by Gasteiger charge is 2.05. The van der Waals surface area contributed by atoms with Crippen molar-refractivity contribution in [1.82, 2.24) is 5.32 Å². The highest BCUT2D eigenvalue weighted by atomic mass is 32.2. The average molecular weight is 287 g/mol. The zero-order chi connectivity index (χ0) is 14.2. The second-order valence-corrected chi connectivity index (χ2v) is 5.36. The van der Waals surface area contributed by atoms with Gasteiger partial charge in [-0.15, -0.1) is 11.8 Å². The number of nitrogens with one attached hydrogen (secondary N) is 1. The first-order valence-corrected chi connectivity index (χ1v) is 7.45. The highest BCUT2D eigenvalue weighted by molar-refractivity contribution is 8.00. The van der Waals surface area contributed by atoms with E-state index in [-0.39, 0.29) is 11.7 Å². The Labute approximate surface area is 123 Å². The van der Waals surface area contributed by atoms with Gasteiger partial charge in [-0.05, 0) is 24.1 Å². The molecule has 2 N–H and O–H groups in total. The fraction of sp³-hybridized carbons (Fsp3) is 0.188. The molecular formula is C16H17NO2S. The largest absolute Gasteiger partial charge is 0.507 e. The summed E-state index contributed by atoms with van der Waals surface area (Å²) in [6, 6.07) is 17.1. The molecule has 0 radical (unpaired) electrons. The van der Waals surface area contributed by atoms with Crippen molar-refractivity contribution in [3.63, 3.8) is 0 Å². The predicted octanol–water partition coefficient (Wildman–Crippen LogP) is 2.84. The van der Waals surface area contributed by atoms with Crippen LogP contribution in [0.3, 0.4) is 0 Å². The summed E-state index contributed by atoms with van der Waals surface area (Å²) in [5.74, 6) is 0.510. The van der Waals surface area contributed by atoms with Gasteiger partial charge in [0.15, 0.2) is 0 Å². The summed E-state index contributed by atoms with van der Waals surface area (Å²) in [6.45, 7) is 0.629. The summed E-state index contributed by atoms with van der Waals surface area (Å²) in [6.07, 6.45) is 0.827. The van der Waals surface area contributed by atoms with Crippen LogP contribution in [0.2, 0.25) is 0 Å². The summed E-state index contributed by atoms with van der Waals surface area (Å²) < 4.78 is 0. The maximum atomic E-state index is 11.7. The molecule has 0 aliphatic rings. The number of hydrogen-bond acceptors (Lipinski definition) is 3. The van der Waals surface area contributed by atoms with Crippen LogP contribution < -0.4 is 5.32 Å². The van der Waals surface area contributed by atoms with Crippen LogP contribution in [0.1, 0.15) is 5.56 Å². The van der Waals surface area contributed by atoms with Crippen LogP contribution in [0.25, 0.3) is 0 Å². The number of thioether (sulfide) groups is 1. The zero-order valence-electron chi connectivity index (χ0n) is 11.1. The smallest absolute Gasteiger partial charge is 0.230 e. The number of phenolic OH excluding ortho intramolecular Hbond substituents is 1. The van der Waals surface area contributed by atoms with Gasteiger partial charge in [0.25, 0.3) is 0 Å². The van der Waals surface area contributed by atoms with Gasteiger partial charge in [-0.2, -0.15) is 0 Å². The molecule has 2 aromatic carbocycles. The van der Waals surface area contributed by atoms with Crippen molar-refractivity contribution in [1.29, 1.82) is 0 Å². The van der Waals surface area contributed by atoms with Gasteiger partial charge in [0.05, 0.1) is 5.75 Å². The third-order valence-corrected chi connectivity index (χ3v) is 3.87. The molecular weight excluding hydrogens is 270 g/mol. The number of carbonyl (C=O) groups excluding carboxylic acids is 1. The summed E-state index contributed by atoms with van der Waals surface area (Å²) in [4.78, 5) is 12.4. The first kappa shape index (κ1) is 14.5. The van der Waals surface area contributed by atoms with Crippen molar-refractivity contribution in [3.8, 4) is 5.75 Å². The first-order valence-electron chi connectivity index (χ1n) is 6.47. The Morgan fingerprint density at radius 1 is 1.05 bits per heavy atom. The summed E-state index contributed by atoms with van der Waals surface area (Å²) in [7, 11) is 0. The van der Waals surface area contributed by atoms with Crippen LogP contribution in [0, 0.1) is 0 Å². The maximum Gasteiger partial charge on any atom is 0.230 e. The van der Waals surface area contributed by atoms with E-state index in [1.165, 1.54) is 17.3 Å². The lowest BCUT2D eigenvalue weighted by atomic mass is 10.1. The molecule has 104 valence electrons. The zero-order valence-corrected chi connectivity index (χ0v) is 11.9. The van der Waals surface area contributed by atoms with Crippen LogP contribution in [-0.2, 0) is 11.2 Å². The molecule has 3 nitrogen and oxygen atoms in total. The molecule has 0 unspecified atom stereocenters. The Hall–Kier alpha value is -1.94. The minimum absolute atomic E-state index is 0.0193. The SMILES string of the molecule is O=C(CSc1ccccc1O)NCCc1ccccc1. The molecule has 0 fully saturated rings. The first-order chi connectivity index (χ1) is 9.75. The Morgan fingerprint density at radius 3 is 2.50 bits per heavy atom.